The first-order chi connectivity index (χ1) is 8.08. The summed E-state index contributed by atoms with van der Waals surface area (Å²) in [7, 11) is -1.11. The van der Waals surface area contributed by atoms with E-state index in [0.717, 1.165) is 4.47 Å². The van der Waals surface area contributed by atoms with Gasteiger partial charge in [-0.2, -0.15) is 0 Å². The molecule has 0 N–H and O–H groups in total. The molecule has 1 aromatic carbocycles. The summed E-state index contributed by atoms with van der Waals surface area (Å²) in [6.45, 7) is 2.69. The normalized spacial score (nSPS) is 12.6. The van der Waals surface area contributed by atoms with E-state index in [2.05, 4.69) is 32.2 Å². The Labute approximate surface area is 111 Å². The van der Waals surface area contributed by atoms with E-state index in [-0.39, 0.29) is 0 Å². The van der Waals surface area contributed by atoms with Crippen LogP contribution in [0.3, 0.4) is 0 Å². The molecule has 1 atom stereocenters. The number of rotatable bonds is 3. The minimum atomic E-state index is -1.11. The molecule has 0 aliphatic rings. The summed E-state index contributed by atoms with van der Waals surface area (Å²) in [5.41, 5.74) is 2.35. The van der Waals surface area contributed by atoms with E-state index < -0.39 is 10.8 Å². The lowest BCUT2D eigenvalue weighted by Crippen LogP contribution is -2.06. The van der Waals surface area contributed by atoms with E-state index in [4.69, 9.17) is 0 Å². The molecule has 2 rings (SSSR count). The SMILES string of the molecule is Cc1cc(Br)ccc1Cn1cnnc1[S@](C)=O. The highest BCUT2D eigenvalue weighted by Gasteiger charge is 2.09. The van der Waals surface area contributed by atoms with E-state index in [1.807, 2.05) is 23.6 Å². The van der Waals surface area contributed by atoms with Gasteiger partial charge in [0.15, 0.2) is 0 Å². The lowest BCUT2D eigenvalue weighted by Gasteiger charge is -2.08. The minimum absolute atomic E-state index is 0.507. The van der Waals surface area contributed by atoms with Crippen LogP contribution in [-0.2, 0) is 17.3 Å². The van der Waals surface area contributed by atoms with Crippen molar-refractivity contribution >= 4 is 26.7 Å². The maximum Gasteiger partial charge on any atom is 0.221 e. The standard InChI is InChI=1S/C11H12BrN3OS/c1-8-5-10(12)4-3-9(8)6-15-7-13-14-11(15)17(2)16/h3-5,7H,6H2,1-2H3/t17-/m0/s1. The Kier molecular flexibility index (Phi) is 3.73. The lowest BCUT2D eigenvalue weighted by molar-refractivity contribution is 0.652. The average Bonchev–Trinajstić information content (AvgIpc) is 2.70. The molecule has 0 radical (unpaired) electrons. The van der Waals surface area contributed by atoms with Crippen LogP contribution in [0.1, 0.15) is 11.1 Å². The molecule has 6 heteroatoms. The smallest absolute Gasteiger partial charge is 0.221 e. The van der Waals surface area contributed by atoms with E-state index in [9.17, 15) is 4.21 Å². The van der Waals surface area contributed by atoms with Crippen LogP contribution in [0.25, 0.3) is 0 Å². The number of aryl methyl sites for hydroxylation is 1. The van der Waals surface area contributed by atoms with Crippen molar-refractivity contribution in [2.75, 3.05) is 6.26 Å². The summed E-state index contributed by atoms with van der Waals surface area (Å²) in [6.07, 6.45) is 3.22. The zero-order chi connectivity index (χ0) is 12.4. The van der Waals surface area contributed by atoms with E-state index >= 15 is 0 Å². The van der Waals surface area contributed by atoms with E-state index in [1.165, 1.54) is 11.1 Å². The van der Waals surface area contributed by atoms with Gasteiger partial charge in [-0.05, 0) is 30.2 Å². The van der Waals surface area contributed by atoms with Gasteiger partial charge in [0, 0.05) is 10.7 Å². The Hall–Kier alpha value is -1.01. The molecule has 0 saturated heterocycles. The second-order valence-corrected chi connectivity index (χ2v) is 5.96. The lowest BCUT2D eigenvalue weighted by atomic mass is 10.1. The fraction of sp³-hybridized carbons (Fsp3) is 0.273. The average molecular weight is 314 g/mol. The molecule has 0 aliphatic carbocycles. The van der Waals surface area contributed by atoms with Crippen LogP contribution in [0.2, 0.25) is 0 Å². The summed E-state index contributed by atoms with van der Waals surface area (Å²) in [5.74, 6) is 0. The molecule has 0 saturated carbocycles. The molecule has 0 unspecified atom stereocenters. The van der Waals surface area contributed by atoms with Crippen molar-refractivity contribution in [2.24, 2.45) is 0 Å². The van der Waals surface area contributed by atoms with Gasteiger partial charge in [-0.1, -0.05) is 22.0 Å². The van der Waals surface area contributed by atoms with Crippen molar-refractivity contribution in [1.29, 1.82) is 0 Å². The monoisotopic (exact) mass is 313 g/mol. The molecule has 4 nitrogen and oxygen atoms in total. The van der Waals surface area contributed by atoms with Gasteiger partial charge in [0.1, 0.15) is 6.33 Å². The van der Waals surface area contributed by atoms with Crippen molar-refractivity contribution in [3.63, 3.8) is 0 Å². The van der Waals surface area contributed by atoms with Crippen LogP contribution in [0.15, 0.2) is 34.2 Å². The van der Waals surface area contributed by atoms with Crippen LogP contribution >= 0.6 is 15.9 Å². The van der Waals surface area contributed by atoms with E-state index in [0.29, 0.717) is 11.7 Å². The number of nitrogens with zero attached hydrogens (tertiary/aromatic N) is 3. The molecule has 90 valence electrons. The molecule has 17 heavy (non-hydrogen) atoms. The molecule has 0 aliphatic heterocycles. The topological polar surface area (TPSA) is 47.8 Å². The molecule has 2 aromatic rings. The third kappa shape index (κ3) is 2.81. The Morgan fingerprint density at radius 2 is 2.24 bits per heavy atom. The Morgan fingerprint density at radius 3 is 2.88 bits per heavy atom. The largest absolute Gasteiger partial charge is 0.302 e. The first-order valence-electron chi connectivity index (χ1n) is 5.04. The summed E-state index contributed by atoms with van der Waals surface area (Å²) in [5, 5.41) is 8.17. The van der Waals surface area contributed by atoms with Crippen molar-refractivity contribution in [1.82, 2.24) is 14.8 Å². The fourth-order valence-electron chi connectivity index (χ4n) is 1.60. The first kappa shape index (κ1) is 12.4. The maximum atomic E-state index is 11.4. The second kappa shape index (κ2) is 5.10. The van der Waals surface area contributed by atoms with Gasteiger partial charge in [-0.15, -0.1) is 10.2 Å². The van der Waals surface area contributed by atoms with Gasteiger partial charge in [-0.25, -0.2) is 0 Å². The van der Waals surface area contributed by atoms with Crippen LogP contribution < -0.4 is 0 Å². The van der Waals surface area contributed by atoms with Crippen LogP contribution in [0, 0.1) is 6.92 Å². The molecule has 0 spiro atoms. The van der Waals surface area contributed by atoms with Gasteiger partial charge in [0.25, 0.3) is 0 Å². The highest BCUT2D eigenvalue weighted by molar-refractivity contribution is 9.10. The van der Waals surface area contributed by atoms with Gasteiger partial charge < -0.3 is 4.57 Å². The summed E-state index contributed by atoms with van der Waals surface area (Å²) < 4.78 is 14.3. The van der Waals surface area contributed by atoms with Gasteiger partial charge in [0.05, 0.1) is 17.3 Å². The molecule has 1 heterocycles. The zero-order valence-corrected chi connectivity index (χ0v) is 12.0. The number of hydrogen-bond acceptors (Lipinski definition) is 3. The molecular weight excluding hydrogens is 302 g/mol. The van der Waals surface area contributed by atoms with Gasteiger partial charge >= 0.3 is 0 Å². The van der Waals surface area contributed by atoms with Crippen LogP contribution in [-0.4, -0.2) is 25.2 Å². The summed E-state index contributed by atoms with van der Waals surface area (Å²) in [6, 6.07) is 6.10. The third-order valence-electron chi connectivity index (χ3n) is 2.48. The summed E-state index contributed by atoms with van der Waals surface area (Å²) >= 11 is 3.43. The van der Waals surface area contributed by atoms with Crippen LogP contribution in [0.4, 0.5) is 0 Å². The van der Waals surface area contributed by atoms with Crippen LogP contribution in [0.5, 0.6) is 0 Å². The Bertz CT molecular complexity index is 568. The summed E-state index contributed by atoms with van der Waals surface area (Å²) in [4.78, 5) is 0. The van der Waals surface area contributed by atoms with Crippen molar-refractivity contribution in [3.8, 4) is 0 Å². The predicted molar refractivity (Wildman–Crippen MR) is 70.3 cm³/mol. The number of benzene rings is 1. The van der Waals surface area contributed by atoms with E-state index in [1.54, 1.807) is 12.6 Å². The highest BCUT2D eigenvalue weighted by Crippen LogP contribution is 2.17. The number of halogens is 1. The first-order valence-corrected chi connectivity index (χ1v) is 7.39. The van der Waals surface area contributed by atoms with Gasteiger partial charge in [-0.3, -0.25) is 4.21 Å². The molecule has 1 aromatic heterocycles. The van der Waals surface area contributed by atoms with Crippen molar-refractivity contribution < 1.29 is 4.21 Å². The highest BCUT2D eigenvalue weighted by atomic mass is 79.9. The Morgan fingerprint density at radius 1 is 1.47 bits per heavy atom. The maximum absolute atomic E-state index is 11.4. The third-order valence-corrected chi connectivity index (χ3v) is 3.81. The number of aromatic nitrogens is 3. The van der Waals surface area contributed by atoms with Crippen molar-refractivity contribution in [3.05, 3.63) is 40.1 Å². The second-order valence-electron chi connectivity index (χ2n) is 3.77. The predicted octanol–water partition coefficient (Wildman–Crippen LogP) is 2.13. The zero-order valence-electron chi connectivity index (χ0n) is 9.55. The number of hydrogen-bond donors (Lipinski definition) is 0. The van der Waals surface area contributed by atoms with Gasteiger partial charge in [0.2, 0.25) is 5.16 Å². The fourth-order valence-corrected chi connectivity index (χ4v) is 2.68. The molecular formula is C11H12BrN3OS. The molecule has 0 amide bonds. The quantitative estimate of drug-likeness (QED) is 0.872. The molecule has 0 fully saturated rings. The van der Waals surface area contributed by atoms with Crippen molar-refractivity contribution in [2.45, 2.75) is 18.6 Å². The minimum Gasteiger partial charge on any atom is -0.302 e. The Balaban J connectivity index is 2.31. The molecule has 0 bridgehead atoms.